The van der Waals surface area contributed by atoms with Gasteiger partial charge in [0.2, 0.25) is 0 Å². The SMILES string of the molecule is CN1c2ccccc2OCC1CC(=O)O. The smallest absolute Gasteiger partial charge is 0.305 e. The second-order valence-electron chi connectivity index (χ2n) is 3.64. The van der Waals surface area contributed by atoms with E-state index in [-0.39, 0.29) is 12.5 Å². The van der Waals surface area contributed by atoms with E-state index in [0.29, 0.717) is 6.61 Å². The molecule has 0 radical (unpaired) electrons. The third-order valence-electron chi connectivity index (χ3n) is 2.63. The van der Waals surface area contributed by atoms with Gasteiger partial charge in [-0.05, 0) is 12.1 Å². The highest BCUT2D eigenvalue weighted by molar-refractivity contribution is 5.70. The summed E-state index contributed by atoms with van der Waals surface area (Å²) in [6.45, 7) is 0.430. The van der Waals surface area contributed by atoms with Crippen LogP contribution < -0.4 is 9.64 Å². The molecular weight excluding hydrogens is 194 g/mol. The first kappa shape index (κ1) is 9.83. The second-order valence-corrected chi connectivity index (χ2v) is 3.64. The van der Waals surface area contributed by atoms with Crippen LogP contribution in [0.25, 0.3) is 0 Å². The van der Waals surface area contributed by atoms with Gasteiger partial charge in [0.05, 0.1) is 18.2 Å². The van der Waals surface area contributed by atoms with E-state index in [9.17, 15) is 4.79 Å². The molecule has 1 atom stereocenters. The number of rotatable bonds is 2. The summed E-state index contributed by atoms with van der Waals surface area (Å²) in [4.78, 5) is 12.6. The molecule has 2 rings (SSSR count). The molecule has 80 valence electrons. The van der Waals surface area contributed by atoms with Crippen molar-refractivity contribution < 1.29 is 14.6 Å². The lowest BCUT2D eigenvalue weighted by Gasteiger charge is -2.34. The third kappa shape index (κ3) is 1.88. The number of anilines is 1. The first-order valence-electron chi connectivity index (χ1n) is 4.85. The zero-order valence-electron chi connectivity index (χ0n) is 8.51. The van der Waals surface area contributed by atoms with Crippen molar-refractivity contribution in [1.82, 2.24) is 0 Å². The number of hydrogen-bond acceptors (Lipinski definition) is 3. The van der Waals surface area contributed by atoms with Crippen molar-refractivity contribution >= 4 is 11.7 Å². The van der Waals surface area contributed by atoms with Crippen molar-refractivity contribution in [3.63, 3.8) is 0 Å². The summed E-state index contributed by atoms with van der Waals surface area (Å²) in [5, 5.41) is 8.75. The van der Waals surface area contributed by atoms with Gasteiger partial charge >= 0.3 is 5.97 Å². The monoisotopic (exact) mass is 207 g/mol. The van der Waals surface area contributed by atoms with Gasteiger partial charge in [0.25, 0.3) is 0 Å². The first-order valence-corrected chi connectivity index (χ1v) is 4.85. The van der Waals surface area contributed by atoms with Gasteiger partial charge in [-0.1, -0.05) is 12.1 Å². The van der Waals surface area contributed by atoms with Crippen LogP contribution in [0.1, 0.15) is 6.42 Å². The van der Waals surface area contributed by atoms with E-state index in [1.54, 1.807) is 0 Å². The number of aliphatic carboxylic acids is 1. The van der Waals surface area contributed by atoms with E-state index in [1.165, 1.54) is 0 Å². The minimum absolute atomic E-state index is 0.0857. The number of ether oxygens (including phenoxy) is 1. The summed E-state index contributed by atoms with van der Waals surface area (Å²) >= 11 is 0. The van der Waals surface area contributed by atoms with Crippen molar-refractivity contribution in [3.05, 3.63) is 24.3 Å². The Balaban J connectivity index is 2.22. The summed E-state index contributed by atoms with van der Waals surface area (Å²) < 4.78 is 5.50. The quantitative estimate of drug-likeness (QED) is 0.795. The molecule has 0 aromatic heterocycles. The Morgan fingerprint density at radius 2 is 2.33 bits per heavy atom. The van der Waals surface area contributed by atoms with Crippen molar-refractivity contribution in [1.29, 1.82) is 0 Å². The van der Waals surface area contributed by atoms with Crippen LogP contribution in [-0.2, 0) is 4.79 Å². The molecule has 0 fully saturated rings. The third-order valence-corrected chi connectivity index (χ3v) is 2.63. The fourth-order valence-electron chi connectivity index (χ4n) is 1.76. The number of nitrogens with zero attached hydrogens (tertiary/aromatic N) is 1. The van der Waals surface area contributed by atoms with E-state index >= 15 is 0 Å². The van der Waals surface area contributed by atoms with Crippen LogP contribution in [0.5, 0.6) is 5.75 Å². The Hall–Kier alpha value is -1.71. The summed E-state index contributed by atoms with van der Waals surface area (Å²) in [7, 11) is 1.90. The summed E-state index contributed by atoms with van der Waals surface area (Å²) in [5.41, 5.74) is 0.954. The molecule has 15 heavy (non-hydrogen) atoms. The van der Waals surface area contributed by atoms with Crippen molar-refractivity contribution in [2.75, 3.05) is 18.6 Å². The Bertz CT molecular complexity index is 378. The zero-order valence-corrected chi connectivity index (χ0v) is 8.51. The number of likely N-dealkylation sites (N-methyl/N-ethyl adjacent to an activating group) is 1. The van der Waals surface area contributed by atoms with Gasteiger partial charge in [-0.15, -0.1) is 0 Å². The molecule has 1 aromatic carbocycles. The number of carboxylic acid groups (broad SMARTS) is 1. The van der Waals surface area contributed by atoms with E-state index in [2.05, 4.69) is 0 Å². The predicted octanol–water partition coefficient (Wildman–Crippen LogP) is 1.36. The first-order chi connectivity index (χ1) is 7.18. The molecule has 1 aliphatic heterocycles. The molecule has 0 aliphatic carbocycles. The van der Waals surface area contributed by atoms with Crippen LogP contribution in [0, 0.1) is 0 Å². The van der Waals surface area contributed by atoms with Gasteiger partial charge in [-0.25, -0.2) is 0 Å². The van der Waals surface area contributed by atoms with Crippen LogP contribution in [0.15, 0.2) is 24.3 Å². The van der Waals surface area contributed by atoms with Gasteiger partial charge in [0, 0.05) is 7.05 Å². The molecule has 1 heterocycles. The molecule has 0 spiro atoms. The Labute approximate surface area is 88.1 Å². The van der Waals surface area contributed by atoms with Crippen LogP contribution in [0.3, 0.4) is 0 Å². The van der Waals surface area contributed by atoms with Crippen LogP contribution in [0.4, 0.5) is 5.69 Å². The maximum atomic E-state index is 10.6. The minimum atomic E-state index is -0.796. The average molecular weight is 207 g/mol. The van der Waals surface area contributed by atoms with Crippen molar-refractivity contribution in [3.8, 4) is 5.75 Å². The lowest BCUT2D eigenvalue weighted by atomic mass is 10.1. The number of benzene rings is 1. The van der Waals surface area contributed by atoms with Gasteiger partial charge in [-0.2, -0.15) is 0 Å². The number of fused-ring (bicyclic) bond motifs is 1. The molecule has 1 aromatic rings. The highest BCUT2D eigenvalue weighted by Gasteiger charge is 2.25. The van der Waals surface area contributed by atoms with Crippen LogP contribution >= 0.6 is 0 Å². The highest BCUT2D eigenvalue weighted by atomic mass is 16.5. The number of para-hydroxylation sites is 2. The molecule has 0 saturated carbocycles. The van der Waals surface area contributed by atoms with Gasteiger partial charge in [0.15, 0.2) is 0 Å². The largest absolute Gasteiger partial charge is 0.489 e. The zero-order chi connectivity index (χ0) is 10.8. The lowest BCUT2D eigenvalue weighted by Crippen LogP contribution is -2.41. The average Bonchev–Trinajstić information content (AvgIpc) is 2.22. The molecule has 1 unspecified atom stereocenters. The molecule has 1 aliphatic rings. The molecule has 1 N–H and O–H groups in total. The van der Waals surface area contributed by atoms with Crippen LogP contribution in [0.2, 0.25) is 0 Å². The number of hydrogen-bond donors (Lipinski definition) is 1. The molecule has 0 bridgehead atoms. The summed E-state index contributed by atoms with van der Waals surface area (Å²) in [6, 6.07) is 7.57. The fraction of sp³-hybridized carbons (Fsp3) is 0.364. The topological polar surface area (TPSA) is 49.8 Å². The van der Waals surface area contributed by atoms with E-state index < -0.39 is 5.97 Å². The summed E-state index contributed by atoms with van der Waals surface area (Å²) in [5.74, 6) is 0.0245. The second kappa shape index (κ2) is 3.81. The summed E-state index contributed by atoms with van der Waals surface area (Å²) in [6.07, 6.45) is 0.102. The molecule has 4 heteroatoms. The van der Waals surface area contributed by atoms with Gasteiger partial charge in [-0.3, -0.25) is 4.79 Å². The van der Waals surface area contributed by atoms with E-state index in [0.717, 1.165) is 11.4 Å². The maximum Gasteiger partial charge on any atom is 0.305 e. The molecule has 0 saturated heterocycles. The predicted molar refractivity (Wildman–Crippen MR) is 56.4 cm³/mol. The van der Waals surface area contributed by atoms with Crippen LogP contribution in [-0.4, -0.2) is 30.8 Å². The normalized spacial score (nSPS) is 19.3. The molecule has 0 amide bonds. The molecular formula is C11H13NO3. The Morgan fingerprint density at radius 3 is 3.07 bits per heavy atom. The van der Waals surface area contributed by atoms with Gasteiger partial charge in [0.1, 0.15) is 12.4 Å². The number of carbonyl (C=O) groups is 1. The lowest BCUT2D eigenvalue weighted by molar-refractivity contribution is -0.137. The number of carboxylic acids is 1. The van der Waals surface area contributed by atoms with Gasteiger partial charge < -0.3 is 14.7 Å². The standard InChI is InChI=1S/C11H13NO3/c1-12-8(6-11(13)14)7-15-10-5-3-2-4-9(10)12/h2-5,8H,6-7H2,1H3,(H,13,14). The van der Waals surface area contributed by atoms with E-state index in [4.69, 9.17) is 9.84 Å². The fourth-order valence-corrected chi connectivity index (χ4v) is 1.76. The Morgan fingerprint density at radius 1 is 1.60 bits per heavy atom. The van der Waals surface area contributed by atoms with Crippen molar-refractivity contribution in [2.24, 2.45) is 0 Å². The maximum absolute atomic E-state index is 10.6. The highest BCUT2D eigenvalue weighted by Crippen LogP contribution is 2.32. The Kier molecular flexibility index (Phi) is 2.49. The van der Waals surface area contributed by atoms with Crippen molar-refractivity contribution in [2.45, 2.75) is 12.5 Å². The minimum Gasteiger partial charge on any atom is -0.489 e. The van der Waals surface area contributed by atoms with E-state index in [1.807, 2.05) is 36.2 Å². The molecule has 4 nitrogen and oxygen atoms in total.